The minimum Gasteiger partial charge on any atom is -0.377 e. The Kier molecular flexibility index (Phi) is 5.99. The van der Waals surface area contributed by atoms with Crippen molar-refractivity contribution in [2.45, 2.75) is 49.9 Å². The predicted molar refractivity (Wildman–Crippen MR) is 139 cm³/mol. The van der Waals surface area contributed by atoms with Crippen molar-refractivity contribution in [1.29, 1.82) is 10.5 Å². The second kappa shape index (κ2) is 9.36. The summed E-state index contributed by atoms with van der Waals surface area (Å²) < 4.78 is 12.6. The van der Waals surface area contributed by atoms with Crippen LogP contribution in [0.2, 0.25) is 0 Å². The first-order chi connectivity index (χ1) is 18.5. The Balaban J connectivity index is 1.33. The summed E-state index contributed by atoms with van der Waals surface area (Å²) in [4.78, 5) is 29.5. The molecule has 0 N–H and O–H groups in total. The molecule has 0 aliphatic carbocycles. The molecule has 38 heavy (non-hydrogen) atoms. The van der Waals surface area contributed by atoms with Crippen molar-refractivity contribution in [3.8, 4) is 12.1 Å². The number of ether oxygens (including phenoxy) is 2. The van der Waals surface area contributed by atoms with Gasteiger partial charge in [0.2, 0.25) is 11.8 Å². The van der Waals surface area contributed by atoms with Crippen LogP contribution in [0, 0.1) is 34.5 Å². The van der Waals surface area contributed by atoms with E-state index >= 15 is 0 Å². The van der Waals surface area contributed by atoms with Crippen LogP contribution in [0.1, 0.15) is 43.2 Å². The van der Waals surface area contributed by atoms with Gasteiger partial charge in [-0.2, -0.15) is 10.5 Å². The van der Waals surface area contributed by atoms with Crippen molar-refractivity contribution < 1.29 is 19.1 Å². The number of carbonyl (C=O) groups is 2. The lowest BCUT2D eigenvalue weighted by Gasteiger charge is -2.31. The van der Waals surface area contributed by atoms with Gasteiger partial charge in [-0.25, -0.2) is 4.90 Å². The van der Waals surface area contributed by atoms with E-state index in [0.717, 1.165) is 5.56 Å². The average molecular weight is 506 g/mol. The van der Waals surface area contributed by atoms with Crippen LogP contribution in [0.15, 0.2) is 66.7 Å². The number of imide groups is 1. The quantitative estimate of drug-likeness (QED) is 0.314. The molecule has 4 atom stereocenters. The zero-order valence-electron chi connectivity index (χ0n) is 20.9. The molecule has 3 heterocycles. The van der Waals surface area contributed by atoms with Crippen LogP contribution in [0.3, 0.4) is 0 Å². The highest BCUT2D eigenvalue weighted by Gasteiger charge is 2.75. The molecule has 3 aromatic carbocycles. The SMILES string of the molecule is N#CCC[C@@]12CC[C@@](CCOCc3ccccc3)(O1)[C@H]1C(=O)N(c3ccc(C#N)c4ccccc34)C(=O)C12. The lowest BCUT2D eigenvalue weighted by molar-refractivity contribution is -0.133. The maximum atomic E-state index is 14.1. The second-order valence-electron chi connectivity index (χ2n) is 10.4. The third-order valence-electron chi connectivity index (χ3n) is 8.52. The number of hydrogen-bond acceptors (Lipinski definition) is 6. The molecule has 190 valence electrons. The summed E-state index contributed by atoms with van der Waals surface area (Å²) in [6, 6.07) is 25.0. The van der Waals surface area contributed by atoms with Crippen molar-refractivity contribution in [3.05, 3.63) is 77.9 Å². The maximum Gasteiger partial charge on any atom is 0.240 e. The topological polar surface area (TPSA) is 103 Å². The van der Waals surface area contributed by atoms with E-state index in [2.05, 4.69) is 12.1 Å². The number of fused-ring (bicyclic) bond motifs is 6. The molecule has 3 aliphatic rings. The minimum absolute atomic E-state index is 0.255. The van der Waals surface area contributed by atoms with Crippen molar-refractivity contribution >= 4 is 28.3 Å². The standard InChI is InChI=1S/C31H27N3O4/c32-17-6-13-30-14-15-31(38-30,16-18-37-20-21-7-2-1-3-8-21)27-26(30)28(35)34(29(27)36)25-12-11-22(19-33)23-9-4-5-10-24(23)25/h1-5,7-12,26-27H,6,13-16,18,20H2/t26?,27-,30+,31+/m1/s1. The zero-order valence-corrected chi connectivity index (χ0v) is 20.9. The Morgan fingerprint density at radius 1 is 0.868 bits per heavy atom. The van der Waals surface area contributed by atoms with Crippen LogP contribution in [-0.4, -0.2) is 29.6 Å². The number of nitrogens with zero attached hydrogens (tertiary/aromatic N) is 3. The van der Waals surface area contributed by atoms with Gasteiger partial charge in [0.15, 0.2) is 0 Å². The van der Waals surface area contributed by atoms with Gasteiger partial charge in [-0.15, -0.1) is 0 Å². The Labute approximate surface area is 221 Å². The van der Waals surface area contributed by atoms with Crippen LogP contribution in [0.4, 0.5) is 5.69 Å². The van der Waals surface area contributed by atoms with Crippen LogP contribution < -0.4 is 4.90 Å². The summed E-state index contributed by atoms with van der Waals surface area (Å²) in [7, 11) is 0. The van der Waals surface area contributed by atoms with E-state index in [1.165, 1.54) is 4.90 Å². The van der Waals surface area contributed by atoms with E-state index in [9.17, 15) is 20.1 Å². The predicted octanol–water partition coefficient (Wildman–Crippen LogP) is 5.03. The molecule has 7 heteroatoms. The molecule has 7 nitrogen and oxygen atoms in total. The molecule has 3 fully saturated rings. The zero-order chi connectivity index (χ0) is 26.3. The smallest absolute Gasteiger partial charge is 0.240 e. The summed E-state index contributed by atoms with van der Waals surface area (Å²) in [6.07, 6.45) is 2.45. The van der Waals surface area contributed by atoms with Crippen LogP contribution in [0.25, 0.3) is 10.8 Å². The molecular formula is C31H27N3O4. The number of nitriles is 2. The van der Waals surface area contributed by atoms with Crippen molar-refractivity contribution in [2.24, 2.45) is 11.8 Å². The molecule has 0 spiro atoms. The third-order valence-corrected chi connectivity index (χ3v) is 8.52. The molecule has 1 unspecified atom stereocenters. The number of rotatable bonds is 8. The molecule has 0 saturated carbocycles. The van der Waals surface area contributed by atoms with Gasteiger partial charge in [0.05, 0.1) is 53.0 Å². The minimum atomic E-state index is -0.830. The molecule has 0 aromatic heterocycles. The number of anilines is 1. The Morgan fingerprint density at radius 3 is 2.21 bits per heavy atom. The highest BCUT2D eigenvalue weighted by Crippen LogP contribution is 2.64. The third kappa shape index (κ3) is 3.62. The molecule has 3 saturated heterocycles. The van der Waals surface area contributed by atoms with Gasteiger partial charge in [-0.1, -0.05) is 54.6 Å². The van der Waals surface area contributed by atoms with Crippen LogP contribution in [0.5, 0.6) is 0 Å². The highest BCUT2D eigenvalue weighted by atomic mass is 16.5. The van der Waals surface area contributed by atoms with E-state index in [1.807, 2.05) is 54.6 Å². The fourth-order valence-electron chi connectivity index (χ4n) is 6.85. The fraction of sp³-hybridized carbons (Fsp3) is 0.355. The first-order valence-corrected chi connectivity index (χ1v) is 13.0. The summed E-state index contributed by atoms with van der Waals surface area (Å²) in [5.74, 6) is -1.81. The molecule has 0 radical (unpaired) electrons. The molecule has 2 amide bonds. The summed E-state index contributed by atoms with van der Waals surface area (Å²) in [5.41, 5.74) is 0.416. The monoisotopic (exact) mass is 505 g/mol. The molecule has 2 bridgehead atoms. The van der Waals surface area contributed by atoms with Gasteiger partial charge in [-0.3, -0.25) is 9.59 Å². The van der Waals surface area contributed by atoms with Crippen molar-refractivity contribution in [2.75, 3.05) is 11.5 Å². The fourth-order valence-corrected chi connectivity index (χ4v) is 6.85. The van der Waals surface area contributed by atoms with Gasteiger partial charge in [0, 0.05) is 30.2 Å². The lowest BCUT2D eigenvalue weighted by Crippen LogP contribution is -2.43. The van der Waals surface area contributed by atoms with Gasteiger partial charge in [0.1, 0.15) is 0 Å². The number of hydrogen-bond donors (Lipinski definition) is 0. The van der Waals surface area contributed by atoms with E-state index in [-0.39, 0.29) is 18.2 Å². The molecular weight excluding hydrogens is 478 g/mol. The van der Waals surface area contributed by atoms with Gasteiger partial charge >= 0.3 is 0 Å². The Bertz CT molecular complexity index is 1510. The van der Waals surface area contributed by atoms with Gasteiger partial charge in [-0.05, 0) is 37.0 Å². The first-order valence-electron chi connectivity index (χ1n) is 13.0. The van der Waals surface area contributed by atoms with E-state index in [4.69, 9.17) is 9.47 Å². The Hall–Kier alpha value is -4.04. The van der Waals surface area contributed by atoms with E-state index < -0.39 is 23.0 Å². The van der Waals surface area contributed by atoms with Crippen molar-refractivity contribution in [3.63, 3.8) is 0 Å². The molecule has 6 rings (SSSR count). The first kappa shape index (κ1) is 24.3. The summed E-state index contributed by atoms with van der Waals surface area (Å²) in [6.45, 7) is 0.856. The number of benzene rings is 3. The van der Waals surface area contributed by atoms with Gasteiger partial charge in [0.25, 0.3) is 0 Å². The number of amides is 2. The number of carbonyl (C=O) groups excluding carboxylic acids is 2. The van der Waals surface area contributed by atoms with E-state index in [1.54, 1.807) is 12.1 Å². The second-order valence-corrected chi connectivity index (χ2v) is 10.4. The average Bonchev–Trinajstić information content (AvgIpc) is 3.56. The molecule has 3 aliphatic heterocycles. The largest absolute Gasteiger partial charge is 0.377 e. The van der Waals surface area contributed by atoms with Gasteiger partial charge < -0.3 is 9.47 Å². The molecule has 3 aromatic rings. The summed E-state index contributed by atoms with van der Waals surface area (Å²) >= 11 is 0. The Morgan fingerprint density at radius 2 is 1.53 bits per heavy atom. The van der Waals surface area contributed by atoms with Crippen LogP contribution >= 0.6 is 0 Å². The lowest BCUT2D eigenvalue weighted by atomic mass is 9.65. The van der Waals surface area contributed by atoms with Crippen molar-refractivity contribution in [1.82, 2.24) is 0 Å². The van der Waals surface area contributed by atoms with E-state index in [0.29, 0.717) is 60.9 Å². The maximum absolute atomic E-state index is 14.1. The normalized spacial score (nSPS) is 27.5. The summed E-state index contributed by atoms with van der Waals surface area (Å²) in [5, 5.41) is 20.3. The van der Waals surface area contributed by atoms with Crippen LogP contribution in [-0.2, 0) is 25.7 Å². The highest BCUT2D eigenvalue weighted by molar-refractivity contribution is 6.26.